The summed E-state index contributed by atoms with van der Waals surface area (Å²) in [5.41, 5.74) is 1.99. The number of rotatable bonds is 3. The van der Waals surface area contributed by atoms with Gasteiger partial charge in [0.1, 0.15) is 11.9 Å². The van der Waals surface area contributed by atoms with Crippen LogP contribution in [-0.2, 0) is 6.54 Å². The summed E-state index contributed by atoms with van der Waals surface area (Å²) in [4.78, 5) is 15.5. The lowest BCUT2D eigenvalue weighted by molar-refractivity contribution is 0.101. The van der Waals surface area contributed by atoms with Crippen LogP contribution in [0.3, 0.4) is 0 Å². The number of hydrogen-bond acceptors (Lipinski definition) is 3. The molecule has 0 unspecified atom stereocenters. The number of imidazole rings is 1. The van der Waals surface area contributed by atoms with Crippen molar-refractivity contribution in [2.24, 2.45) is 0 Å². The van der Waals surface area contributed by atoms with Crippen LogP contribution in [0.25, 0.3) is 11.4 Å². The molecule has 1 aromatic heterocycles. The molecule has 0 saturated heterocycles. The topological polar surface area (TPSA) is 58.7 Å². The van der Waals surface area contributed by atoms with Gasteiger partial charge in [0, 0.05) is 23.9 Å². The molecule has 1 aromatic carbocycles. The lowest BCUT2D eigenvalue weighted by atomic mass is 10.1. The molecule has 2 aromatic rings. The van der Waals surface area contributed by atoms with Crippen molar-refractivity contribution in [2.75, 3.05) is 0 Å². The second-order valence-corrected chi connectivity index (χ2v) is 3.98. The summed E-state index contributed by atoms with van der Waals surface area (Å²) in [6, 6.07) is 9.29. The van der Waals surface area contributed by atoms with Gasteiger partial charge in [0.25, 0.3) is 0 Å². The summed E-state index contributed by atoms with van der Waals surface area (Å²) < 4.78 is 1.92. The first kappa shape index (κ1) is 12.1. The van der Waals surface area contributed by atoms with Gasteiger partial charge in [-0.15, -0.1) is 0 Å². The maximum absolute atomic E-state index is 11.2. The summed E-state index contributed by atoms with van der Waals surface area (Å²) in [6.07, 6.45) is 1.73. The first-order valence-corrected chi connectivity index (χ1v) is 5.74. The molecule has 4 heteroatoms. The molecule has 4 nitrogen and oxygen atoms in total. The number of carbonyl (C=O) groups excluding carboxylic acids is 1. The summed E-state index contributed by atoms with van der Waals surface area (Å²) in [5.74, 6) is 0.794. The first-order chi connectivity index (χ1) is 8.65. The average molecular weight is 239 g/mol. The summed E-state index contributed by atoms with van der Waals surface area (Å²) >= 11 is 0. The third kappa shape index (κ3) is 2.16. The highest BCUT2D eigenvalue weighted by molar-refractivity contribution is 5.94. The molecule has 0 bridgehead atoms. The second kappa shape index (κ2) is 4.84. The van der Waals surface area contributed by atoms with E-state index in [0.29, 0.717) is 11.3 Å². The molecule has 1 heterocycles. The third-order valence-corrected chi connectivity index (χ3v) is 2.78. The van der Waals surface area contributed by atoms with E-state index in [1.165, 1.54) is 6.92 Å². The Morgan fingerprint density at radius 3 is 2.56 bits per heavy atom. The zero-order chi connectivity index (χ0) is 13.1. The minimum absolute atomic E-state index is 0.0399. The van der Waals surface area contributed by atoms with E-state index in [1.54, 1.807) is 18.3 Å². The molecule has 0 N–H and O–H groups in total. The Bertz CT molecular complexity index is 617. The SMILES string of the molecule is CCn1cc(C#N)nc1-c1ccc(C(C)=O)cc1. The van der Waals surface area contributed by atoms with Gasteiger partial charge in [0.2, 0.25) is 0 Å². The van der Waals surface area contributed by atoms with Crippen LogP contribution in [0.1, 0.15) is 29.9 Å². The fourth-order valence-electron chi connectivity index (χ4n) is 1.80. The van der Waals surface area contributed by atoms with Gasteiger partial charge in [-0.1, -0.05) is 24.3 Å². The standard InChI is InChI=1S/C14H13N3O/c1-3-17-9-13(8-15)16-14(17)12-6-4-11(5-7-12)10(2)18/h4-7,9H,3H2,1-2H3. The highest BCUT2D eigenvalue weighted by atomic mass is 16.1. The molecule has 0 atom stereocenters. The smallest absolute Gasteiger partial charge is 0.159 e. The van der Waals surface area contributed by atoms with Gasteiger partial charge in [-0.2, -0.15) is 5.26 Å². The highest BCUT2D eigenvalue weighted by Crippen LogP contribution is 2.19. The minimum atomic E-state index is 0.0399. The van der Waals surface area contributed by atoms with Gasteiger partial charge in [-0.25, -0.2) is 4.98 Å². The fourth-order valence-corrected chi connectivity index (χ4v) is 1.80. The van der Waals surface area contributed by atoms with Crippen molar-refractivity contribution in [3.8, 4) is 17.5 Å². The normalized spacial score (nSPS) is 10.1. The molecule has 0 amide bonds. The van der Waals surface area contributed by atoms with Crippen LogP contribution in [0, 0.1) is 11.3 Å². The molecule has 0 fully saturated rings. The predicted molar refractivity (Wildman–Crippen MR) is 68.1 cm³/mol. The Labute approximate surface area is 106 Å². The summed E-state index contributed by atoms with van der Waals surface area (Å²) in [7, 11) is 0. The van der Waals surface area contributed by atoms with Gasteiger partial charge in [0.15, 0.2) is 11.5 Å². The third-order valence-electron chi connectivity index (χ3n) is 2.78. The Morgan fingerprint density at radius 2 is 2.06 bits per heavy atom. The van der Waals surface area contributed by atoms with Crippen molar-refractivity contribution >= 4 is 5.78 Å². The number of nitrogens with zero attached hydrogens (tertiary/aromatic N) is 3. The molecule has 18 heavy (non-hydrogen) atoms. The lowest BCUT2D eigenvalue weighted by Gasteiger charge is -2.04. The van der Waals surface area contributed by atoms with Crippen LogP contribution in [-0.4, -0.2) is 15.3 Å². The Balaban J connectivity index is 2.45. The molecule has 0 aliphatic heterocycles. The van der Waals surface area contributed by atoms with Crippen molar-refractivity contribution in [1.82, 2.24) is 9.55 Å². The van der Waals surface area contributed by atoms with Crippen molar-refractivity contribution in [3.63, 3.8) is 0 Å². The molecule has 0 aliphatic rings. The maximum atomic E-state index is 11.2. The van der Waals surface area contributed by atoms with E-state index in [1.807, 2.05) is 29.7 Å². The van der Waals surface area contributed by atoms with Crippen LogP contribution in [0.2, 0.25) is 0 Å². The molecular formula is C14H13N3O. The van der Waals surface area contributed by atoms with E-state index in [2.05, 4.69) is 4.98 Å². The van der Waals surface area contributed by atoms with Crippen molar-refractivity contribution in [3.05, 3.63) is 41.7 Å². The van der Waals surface area contributed by atoms with Crippen LogP contribution >= 0.6 is 0 Å². The predicted octanol–water partition coefficient (Wildman–Crippen LogP) is 2.64. The van der Waals surface area contributed by atoms with Gasteiger partial charge in [-0.3, -0.25) is 4.79 Å². The molecule has 0 saturated carbocycles. The van der Waals surface area contributed by atoms with Gasteiger partial charge >= 0.3 is 0 Å². The Kier molecular flexibility index (Phi) is 3.24. The number of hydrogen-bond donors (Lipinski definition) is 0. The quantitative estimate of drug-likeness (QED) is 0.773. The van der Waals surface area contributed by atoms with Crippen molar-refractivity contribution in [2.45, 2.75) is 20.4 Å². The first-order valence-electron chi connectivity index (χ1n) is 5.74. The maximum Gasteiger partial charge on any atom is 0.159 e. The van der Waals surface area contributed by atoms with Gasteiger partial charge in [0.05, 0.1) is 0 Å². The molecular weight excluding hydrogens is 226 g/mol. The number of ketones is 1. The van der Waals surface area contributed by atoms with E-state index in [4.69, 9.17) is 5.26 Å². The minimum Gasteiger partial charge on any atom is -0.330 e. The van der Waals surface area contributed by atoms with E-state index >= 15 is 0 Å². The molecule has 90 valence electrons. The fraction of sp³-hybridized carbons (Fsp3) is 0.214. The van der Waals surface area contributed by atoms with Crippen LogP contribution in [0.5, 0.6) is 0 Å². The monoisotopic (exact) mass is 239 g/mol. The van der Waals surface area contributed by atoms with Crippen molar-refractivity contribution in [1.29, 1.82) is 5.26 Å². The van der Waals surface area contributed by atoms with E-state index in [9.17, 15) is 4.79 Å². The number of nitriles is 1. The van der Waals surface area contributed by atoms with Crippen LogP contribution in [0.15, 0.2) is 30.5 Å². The highest BCUT2D eigenvalue weighted by Gasteiger charge is 2.09. The molecule has 0 radical (unpaired) electrons. The largest absolute Gasteiger partial charge is 0.330 e. The summed E-state index contributed by atoms with van der Waals surface area (Å²) in [6.45, 7) is 4.28. The zero-order valence-corrected chi connectivity index (χ0v) is 10.3. The Hall–Kier alpha value is -2.41. The van der Waals surface area contributed by atoms with Gasteiger partial charge in [-0.05, 0) is 13.8 Å². The summed E-state index contributed by atoms with van der Waals surface area (Å²) in [5, 5.41) is 8.86. The second-order valence-electron chi connectivity index (χ2n) is 3.98. The molecule has 0 spiro atoms. The molecule has 2 rings (SSSR count). The van der Waals surface area contributed by atoms with E-state index < -0.39 is 0 Å². The van der Waals surface area contributed by atoms with Crippen molar-refractivity contribution < 1.29 is 4.79 Å². The molecule has 0 aliphatic carbocycles. The number of Topliss-reactive ketones (excluding diaryl/α,β-unsaturated/α-hetero) is 1. The number of carbonyl (C=O) groups is 1. The lowest BCUT2D eigenvalue weighted by Crippen LogP contribution is -1.97. The van der Waals surface area contributed by atoms with Gasteiger partial charge < -0.3 is 4.57 Å². The van der Waals surface area contributed by atoms with E-state index in [-0.39, 0.29) is 5.78 Å². The van der Waals surface area contributed by atoms with Crippen LogP contribution in [0.4, 0.5) is 0 Å². The number of aryl methyl sites for hydroxylation is 1. The number of aromatic nitrogens is 2. The Morgan fingerprint density at radius 1 is 1.39 bits per heavy atom. The number of benzene rings is 1. The van der Waals surface area contributed by atoms with Crippen LogP contribution < -0.4 is 0 Å². The van der Waals surface area contributed by atoms with E-state index in [0.717, 1.165) is 17.9 Å². The average Bonchev–Trinajstić information content (AvgIpc) is 2.82. The zero-order valence-electron chi connectivity index (χ0n) is 10.3.